The lowest BCUT2D eigenvalue weighted by Crippen LogP contribution is -2.43. The van der Waals surface area contributed by atoms with Crippen molar-refractivity contribution in [2.45, 2.75) is 0 Å². The van der Waals surface area contributed by atoms with Crippen LogP contribution in [0.1, 0.15) is 0 Å². The lowest BCUT2D eigenvalue weighted by molar-refractivity contribution is 0.589. The minimum atomic E-state index is -0.0788. The van der Waals surface area contributed by atoms with Crippen LogP contribution in [-0.2, 0) is 0 Å². The minimum absolute atomic E-state index is 0.0788. The molecule has 6 heteroatoms. The summed E-state index contributed by atoms with van der Waals surface area (Å²) in [6.07, 6.45) is 0. The molecular weight excluding hydrogens is 282 g/mol. The molecule has 100 valence electrons. The Kier molecular flexibility index (Phi) is 3.59. The molecule has 4 nitrogen and oxygen atoms in total. The molecule has 0 bridgehead atoms. The molecule has 0 amide bonds. The Balaban J connectivity index is 1.86. The predicted octanol–water partition coefficient (Wildman–Crippen LogP) is 1.96. The second-order valence-electron chi connectivity index (χ2n) is 4.43. The Hall–Kier alpha value is -1.30. The first-order valence-corrected chi connectivity index (χ1v) is 7.34. The van der Waals surface area contributed by atoms with Gasteiger partial charge >= 0.3 is 0 Å². The maximum absolute atomic E-state index is 11.7. The first kappa shape index (κ1) is 12.7. The normalized spacial score (nSPS) is 15.7. The highest BCUT2D eigenvalue weighted by molar-refractivity contribution is 7.11. The van der Waals surface area contributed by atoms with Gasteiger partial charge in [-0.3, -0.25) is 4.79 Å². The summed E-state index contributed by atoms with van der Waals surface area (Å²) in [6, 6.07) is 9.48. The third kappa shape index (κ3) is 2.68. The van der Waals surface area contributed by atoms with Gasteiger partial charge in [0.2, 0.25) is 0 Å². The van der Waals surface area contributed by atoms with E-state index >= 15 is 0 Å². The average molecular weight is 296 g/mol. The molecule has 0 aliphatic carbocycles. The SMILES string of the molecule is O=c1cc(Cl)sn1-c1ccc(N2CCNCC2)cc1. The number of aromatic nitrogens is 1. The molecule has 0 radical (unpaired) electrons. The first-order chi connectivity index (χ1) is 9.24. The molecule has 0 atom stereocenters. The molecule has 1 aliphatic heterocycles. The summed E-state index contributed by atoms with van der Waals surface area (Å²) in [7, 11) is 0. The van der Waals surface area contributed by atoms with Crippen LogP contribution < -0.4 is 15.8 Å². The van der Waals surface area contributed by atoms with Crippen LogP contribution in [0.5, 0.6) is 0 Å². The maximum Gasteiger partial charge on any atom is 0.266 e. The van der Waals surface area contributed by atoms with Crippen molar-refractivity contribution < 1.29 is 0 Å². The van der Waals surface area contributed by atoms with E-state index in [1.54, 1.807) is 3.96 Å². The average Bonchev–Trinajstić information content (AvgIpc) is 2.79. The summed E-state index contributed by atoms with van der Waals surface area (Å²) in [5.41, 5.74) is 1.98. The molecule has 1 aromatic carbocycles. The topological polar surface area (TPSA) is 37.3 Å². The van der Waals surface area contributed by atoms with Crippen molar-refractivity contribution in [1.82, 2.24) is 9.27 Å². The van der Waals surface area contributed by atoms with E-state index in [-0.39, 0.29) is 5.56 Å². The first-order valence-electron chi connectivity index (χ1n) is 6.19. The molecule has 1 aliphatic rings. The molecule has 1 fully saturated rings. The van der Waals surface area contributed by atoms with E-state index < -0.39 is 0 Å². The van der Waals surface area contributed by atoms with Crippen molar-refractivity contribution in [3.8, 4) is 5.69 Å². The molecule has 3 rings (SSSR count). The van der Waals surface area contributed by atoms with Crippen molar-refractivity contribution >= 4 is 28.8 Å². The Morgan fingerprint density at radius 1 is 1.11 bits per heavy atom. The zero-order valence-corrected chi connectivity index (χ0v) is 11.9. The molecule has 2 aromatic rings. The molecule has 2 heterocycles. The van der Waals surface area contributed by atoms with Gasteiger partial charge in [-0.25, -0.2) is 3.96 Å². The van der Waals surface area contributed by atoms with Crippen LogP contribution in [0.4, 0.5) is 5.69 Å². The lowest BCUT2D eigenvalue weighted by Gasteiger charge is -2.29. The Bertz CT molecular complexity index is 614. The summed E-state index contributed by atoms with van der Waals surface area (Å²) < 4.78 is 2.11. The highest BCUT2D eigenvalue weighted by Crippen LogP contribution is 2.21. The van der Waals surface area contributed by atoms with Crippen molar-refractivity contribution in [2.75, 3.05) is 31.1 Å². The highest BCUT2D eigenvalue weighted by Gasteiger charge is 2.11. The molecule has 0 spiro atoms. The molecule has 0 saturated carbocycles. The van der Waals surface area contributed by atoms with Crippen LogP contribution in [0.25, 0.3) is 5.69 Å². The summed E-state index contributed by atoms with van der Waals surface area (Å²) in [4.78, 5) is 14.0. The zero-order chi connectivity index (χ0) is 13.2. The summed E-state index contributed by atoms with van der Waals surface area (Å²) in [5, 5.41) is 3.33. The smallest absolute Gasteiger partial charge is 0.266 e. The Morgan fingerprint density at radius 2 is 1.74 bits per heavy atom. The van der Waals surface area contributed by atoms with Gasteiger partial charge in [0.25, 0.3) is 5.56 Å². The minimum Gasteiger partial charge on any atom is -0.369 e. The number of anilines is 1. The second-order valence-corrected chi connectivity index (χ2v) is 6.04. The largest absolute Gasteiger partial charge is 0.369 e. The van der Waals surface area contributed by atoms with E-state index in [9.17, 15) is 4.79 Å². The fraction of sp³-hybridized carbons (Fsp3) is 0.308. The van der Waals surface area contributed by atoms with Crippen molar-refractivity contribution in [3.05, 3.63) is 45.0 Å². The molecule has 1 aromatic heterocycles. The highest BCUT2D eigenvalue weighted by atomic mass is 35.5. The Morgan fingerprint density at radius 3 is 2.32 bits per heavy atom. The molecular formula is C13H14ClN3OS. The van der Waals surface area contributed by atoms with Gasteiger partial charge in [-0.1, -0.05) is 11.6 Å². The molecule has 19 heavy (non-hydrogen) atoms. The van der Waals surface area contributed by atoms with Gasteiger partial charge in [-0.15, -0.1) is 0 Å². The summed E-state index contributed by atoms with van der Waals surface area (Å²) >= 11 is 7.11. The monoisotopic (exact) mass is 295 g/mol. The number of piperazine rings is 1. The van der Waals surface area contributed by atoms with Gasteiger partial charge < -0.3 is 10.2 Å². The number of nitrogens with zero attached hydrogens (tertiary/aromatic N) is 2. The van der Waals surface area contributed by atoms with Crippen LogP contribution in [0.2, 0.25) is 4.34 Å². The van der Waals surface area contributed by atoms with E-state index in [1.807, 2.05) is 12.1 Å². The van der Waals surface area contributed by atoms with Crippen molar-refractivity contribution in [2.24, 2.45) is 0 Å². The van der Waals surface area contributed by atoms with Gasteiger partial charge in [0.15, 0.2) is 0 Å². The van der Waals surface area contributed by atoms with E-state index in [4.69, 9.17) is 11.6 Å². The predicted molar refractivity (Wildman–Crippen MR) is 80.0 cm³/mol. The fourth-order valence-electron chi connectivity index (χ4n) is 2.22. The van der Waals surface area contributed by atoms with Gasteiger partial charge in [-0.2, -0.15) is 0 Å². The summed E-state index contributed by atoms with van der Waals surface area (Å²) in [5.74, 6) is 0. The van der Waals surface area contributed by atoms with Crippen LogP contribution in [0, 0.1) is 0 Å². The molecule has 0 unspecified atom stereocenters. The number of halogens is 1. The van der Waals surface area contributed by atoms with Crippen LogP contribution >= 0.6 is 23.1 Å². The quantitative estimate of drug-likeness (QED) is 0.920. The van der Waals surface area contributed by atoms with Gasteiger partial charge in [-0.05, 0) is 35.8 Å². The van der Waals surface area contributed by atoms with Crippen LogP contribution in [0.3, 0.4) is 0 Å². The Labute approximate surface area is 120 Å². The van der Waals surface area contributed by atoms with Crippen LogP contribution in [0.15, 0.2) is 35.1 Å². The van der Waals surface area contributed by atoms with E-state index in [0.29, 0.717) is 4.34 Å². The van der Waals surface area contributed by atoms with Crippen molar-refractivity contribution in [1.29, 1.82) is 0 Å². The number of nitrogens with one attached hydrogen (secondary N) is 1. The molecule has 1 N–H and O–H groups in total. The number of rotatable bonds is 2. The standard InChI is InChI=1S/C13H14ClN3OS/c14-12-9-13(18)17(19-12)11-3-1-10(2-4-11)16-7-5-15-6-8-16/h1-4,9,15H,5-8H2. The van der Waals surface area contributed by atoms with Gasteiger partial charge in [0, 0.05) is 37.9 Å². The van der Waals surface area contributed by atoms with Gasteiger partial charge in [0.05, 0.1) is 5.69 Å². The van der Waals surface area contributed by atoms with Crippen LogP contribution in [-0.4, -0.2) is 30.1 Å². The van der Waals surface area contributed by atoms with Gasteiger partial charge in [0.1, 0.15) is 4.34 Å². The number of hydrogen-bond acceptors (Lipinski definition) is 4. The maximum atomic E-state index is 11.7. The number of benzene rings is 1. The number of hydrogen-bond donors (Lipinski definition) is 1. The third-order valence-electron chi connectivity index (χ3n) is 3.18. The fourth-order valence-corrected chi connectivity index (χ4v) is 3.21. The second kappa shape index (κ2) is 5.36. The van der Waals surface area contributed by atoms with E-state index in [0.717, 1.165) is 31.9 Å². The zero-order valence-electron chi connectivity index (χ0n) is 10.3. The third-order valence-corrected chi connectivity index (χ3v) is 4.36. The summed E-state index contributed by atoms with van der Waals surface area (Å²) in [6.45, 7) is 4.07. The lowest BCUT2D eigenvalue weighted by atomic mass is 10.2. The van der Waals surface area contributed by atoms with E-state index in [2.05, 4.69) is 22.3 Å². The molecule has 1 saturated heterocycles. The van der Waals surface area contributed by atoms with E-state index in [1.165, 1.54) is 23.3 Å². The van der Waals surface area contributed by atoms with Crippen molar-refractivity contribution in [3.63, 3.8) is 0 Å².